The standard InChI is InChI=1S/C19H27FN6/c1-14-18(15(2)24(4)23-14)13-22-19(21-3)26-11-9-25(10-12-26)17-7-5-16(20)6-8-17/h5-8H,9-13H2,1-4H3,(H,21,22). The van der Waals surface area contributed by atoms with Gasteiger partial charge < -0.3 is 15.1 Å². The van der Waals surface area contributed by atoms with E-state index in [0.29, 0.717) is 0 Å². The van der Waals surface area contributed by atoms with Gasteiger partial charge in [-0.15, -0.1) is 0 Å². The molecule has 1 aliphatic rings. The number of nitrogens with zero attached hydrogens (tertiary/aromatic N) is 5. The average Bonchev–Trinajstić information content (AvgIpc) is 2.89. The molecule has 26 heavy (non-hydrogen) atoms. The second kappa shape index (κ2) is 7.76. The molecule has 1 saturated heterocycles. The van der Waals surface area contributed by atoms with Gasteiger partial charge in [0.2, 0.25) is 0 Å². The minimum Gasteiger partial charge on any atom is -0.368 e. The monoisotopic (exact) mass is 358 g/mol. The summed E-state index contributed by atoms with van der Waals surface area (Å²) in [5.74, 6) is 0.712. The summed E-state index contributed by atoms with van der Waals surface area (Å²) in [7, 11) is 3.78. The van der Waals surface area contributed by atoms with Crippen molar-refractivity contribution in [2.75, 3.05) is 38.1 Å². The Kier molecular flexibility index (Phi) is 5.44. The Morgan fingerprint density at radius 3 is 2.35 bits per heavy atom. The minimum absolute atomic E-state index is 0.196. The van der Waals surface area contributed by atoms with E-state index in [9.17, 15) is 4.39 Å². The fourth-order valence-corrected chi connectivity index (χ4v) is 3.40. The van der Waals surface area contributed by atoms with Gasteiger partial charge in [-0.05, 0) is 38.1 Å². The van der Waals surface area contributed by atoms with Gasteiger partial charge in [0.25, 0.3) is 0 Å². The first-order valence-electron chi connectivity index (χ1n) is 8.94. The molecular weight excluding hydrogens is 331 g/mol. The third kappa shape index (κ3) is 3.81. The Morgan fingerprint density at radius 1 is 1.15 bits per heavy atom. The van der Waals surface area contributed by atoms with Crippen LogP contribution < -0.4 is 10.2 Å². The molecule has 1 fully saturated rings. The largest absolute Gasteiger partial charge is 0.368 e. The van der Waals surface area contributed by atoms with Crippen molar-refractivity contribution in [3.63, 3.8) is 0 Å². The van der Waals surface area contributed by atoms with Crippen molar-refractivity contribution in [3.05, 3.63) is 47.0 Å². The maximum absolute atomic E-state index is 13.1. The van der Waals surface area contributed by atoms with Gasteiger partial charge in [-0.1, -0.05) is 0 Å². The molecule has 140 valence electrons. The van der Waals surface area contributed by atoms with Crippen LogP contribution >= 0.6 is 0 Å². The van der Waals surface area contributed by atoms with Crippen molar-refractivity contribution in [3.8, 4) is 0 Å². The Morgan fingerprint density at radius 2 is 1.81 bits per heavy atom. The third-order valence-electron chi connectivity index (χ3n) is 5.06. The van der Waals surface area contributed by atoms with Crippen molar-refractivity contribution in [1.82, 2.24) is 20.0 Å². The van der Waals surface area contributed by atoms with E-state index in [1.807, 2.05) is 37.8 Å². The van der Waals surface area contributed by atoms with E-state index in [-0.39, 0.29) is 5.82 Å². The summed E-state index contributed by atoms with van der Waals surface area (Å²) < 4.78 is 15.0. The molecule has 0 unspecified atom stereocenters. The van der Waals surface area contributed by atoms with E-state index in [2.05, 4.69) is 32.1 Å². The van der Waals surface area contributed by atoms with Gasteiger partial charge in [-0.3, -0.25) is 9.67 Å². The van der Waals surface area contributed by atoms with Crippen molar-refractivity contribution in [2.45, 2.75) is 20.4 Å². The molecule has 0 bridgehead atoms. The zero-order valence-corrected chi connectivity index (χ0v) is 16.0. The Balaban J connectivity index is 1.57. The number of nitrogens with one attached hydrogen (secondary N) is 1. The molecule has 2 aromatic rings. The van der Waals surface area contributed by atoms with E-state index in [4.69, 9.17) is 0 Å². The quantitative estimate of drug-likeness (QED) is 0.674. The van der Waals surface area contributed by atoms with Crippen LogP contribution in [0.5, 0.6) is 0 Å². The summed E-state index contributed by atoms with van der Waals surface area (Å²) in [6.45, 7) is 8.37. The Hall–Kier alpha value is -2.57. The fraction of sp³-hybridized carbons (Fsp3) is 0.474. The fourth-order valence-electron chi connectivity index (χ4n) is 3.40. The summed E-state index contributed by atoms with van der Waals surface area (Å²) in [5.41, 5.74) is 4.51. The molecule has 3 rings (SSSR count). The van der Waals surface area contributed by atoms with Gasteiger partial charge in [0.1, 0.15) is 5.82 Å². The highest BCUT2D eigenvalue weighted by Gasteiger charge is 2.20. The van der Waals surface area contributed by atoms with Gasteiger partial charge in [0.05, 0.1) is 5.69 Å². The van der Waals surface area contributed by atoms with E-state index < -0.39 is 0 Å². The van der Waals surface area contributed by atoms with E-state index in [0.717, 1.165) is 50.1 Å². The lowest BCUT2D eigenvalue weighted by Crippen LogP contribution is -2.52. The predicted molar refractivity (Wildman–Crippen MR) is 103 cm³/mol. The lowest BCUT2D eigenvalue weighted by molar-refractivity contribution is 0.372. The number of aliphatic imine (C=N–C) groups is 1. The molecule has 0 amide bonds. The van der Waals surface area contributed by atoms with Crippen LogP contribution in [0.4, 0.5) is 10.1 Å². The molecule has 0 atom stereocenters. The summed E-state index contributed by atoms with van der Waals surface area (Å²) in [6, 6.07) is 6.71. The summed E-state index contributed by atoms with van der Waals surface area (Å²) in [5, 5.41) is 7.93. The van der Waals surface area contributed by atoms with E-state index in [1.54, 1.807) is 0 Å². The number of hydrogen-bond donors (Lipinski definition) is 1. The molecular formula is C19H27FN6. The van der Waals surface area contributed by atoms with E-state index >= 15 is 0 Å². The molecule has 0 spiro atoms. The number of benzene rings is 1. The first-order chi connectivity index (χ1) is 12.5. The first kappa shape index (κ1) is 18.2. The Bertz CT molecular complexity index is 772. The second-order valence-corrected chi connectivity index (χ2v) is 6.62. The predicted octanol–water partition coefficient (Wildman–Crippen LogP) is 2.07. The third-order valence-corrected chi connectivity index (χ3v) is 5.06. The van der Waals surface area contributed by atoms with Gasteiger partial charge in [0.15, 0.2) is 5.96 Å². The maximum Gasteiger partial charge on any atom is 0.194 e. The lowest BCUT2D eigenvalue weighted by Gasteiger charge is -2.37. The number of rotatable bonds is 3. The molecule has 0 aliphatic carbocycles. The molecule has 0 saturated carbocycles. The van der Waals surface area contributed by atoms with Crippen LogP contribution in [0.2, 0.25) is 0 Å². The highest BCUT2D eigenvalue weighted by molar-refractivity contribution is 5.80. The van der Waals surface area contributed by atoms with Crippen LogP contribution in [0.1, 0.15) is 17.0 Å². The number of guanidine groups is 1. The number of piperazine rings is 1. The molecule has 2 heterocycles. The van der Waals surface area contributed by atoms with Crippen molar-refractivity contribution in [1.29, 1.82) is 0 Å². The number of halogens is 1. The minimum atomic E-state index is -0.196. The molecule has 7 heteroatoms. The van der Waals surface area contributed by atoms with Gasteiger partial charge in [-0.25, -0.2) is 4.39 Å². The summed E-state index contributed by atoms with van der Waals surface area (Å²) >= 11 is 0. The molecule has 0 radical (unpaired) electrons. The number of aromatic nitrogens is 2. The topological polar surface area (TPSA) is 48.7 Å². The van der Waals surface area contributed by atoms with Gasteiger partial charge in [0, 0.05) is 63.8 Å². The normalized spacial score (nSPS) is 15.5. The Labute approximate surface area is 154 Å². The number of anilines is 1. The second-order valence-electron chi connectivity index (χ2n) is 6.62. The summed E-state index contributed by atoms with van der Waals surface area (Å²) in [4.78, 5) is 8.98. The maximum atomic E-state index is 13.1. The lowest BCUT2D eigenvalue weighted by atomic mass is 10.2. The SMILES string of the molecule is CN=C(NCc1c(C)nn(C)c1C)N1CCN(c2ccc(F)cc2)CC1. The zero-order valence-electron chi connectivity index (χ0n) is 16.0. The molecule has 1 aromatic heterocycles. The highest BCUT2D eigenvalue weighted by atomic mass is 19.1. The first-order valence-corrected chi connectivity index (χ1v) is 8.94. The van der Waals surface area contributed by atoms with Crippen LogP contribution in [0.25, 0.3) is 0 Å². The summed E-state index contributed by atoms with van der Waals surface area (Å²) in [6.07, 6.45) is 0. The van der Waals surface area contributed by atoms with Crippen molar-refractivity contribution < 1.29 is 4.39 Å². The molecule has 6 nitrogen and oxygen atoms in total. The van der Waals surface area contributed by atoms with Gasteiger partial charge >= 0.3 is 0 Å². The molecule has 1 N–H and O–H groups in total. The van der Waals surface area contributed by atoms with Gasteiger partial charge in [-0.2, -0.15) is 5.10 Å². The number of hydrogen-bond acceptors (Lipinski definition) is 3. The molecule has 1 aromatic carbocycles. The van der Waals surface area contributed by atoms with Crippen LogP contribution in [0, 0.1) is 19.7 Å². The smallest absolute Gasteiger partial charge is 0.194 e. The van der Waals surface area contributed by atoms with E-state index in [1.165, 1.54) is 23.4 Å². The van der Waals surface area contributed by atoms with Crippen LogP contribution in [0.3, 0.4) is 0 Å². The highest BCUT2D eigenvalue weighted by Crippen LogP contribution is 2.17. The van der Waals surface area contributed by atoms with Crippen LogP contribution in [-0.2, 0) is 13.6 Å². The molecule has 1 aliphatic heterocycles. The number of aryl methyl sites for hydroxylation is 2. The van der Waals surface area contributed by atoms with Crippen LogP contribution in [-0.4, -0.2) is 53.9 Å². The van der Waals surface area contributed by atoms with Crippen LogP contribution in [0.15, 0.2) is 29.3 Å². The van der Waals surface area contributed by atoms with Crippen molar-refractivity contribution in [2.24, 2.45) is 12.0 Å². The zero-order chi connectivity index (χ0) is 18.7. The average molecular weight is 358 g/mol. The van der Waals surface area contributed by atoms with Crippen molar-refractivity contribution >= 4 is 11.6 Å².